The van der Waals surface area contributed by atoms with Crippen molar-refractivity contribution in [1.29, 1.82) is 0 Å². The van der Waals surface area contributed by atoms with Crippen LogP contribution in [0.1, 0.15) is 25.8 Å². The van der Waals surface area contributed by atoms with Crippen molar-refractivity contribution in [2.45, 2.75) is 32.4 Å². The fourth-order valence-electron chi connectivity index (χ4n) is 2.56. The SMILES string of the molecule is CCC1COC(C)CN1c1ccc(Br)cc1/C=C/C(=O)O. The second-order valence-corrected chi connectivity index (χ2v) is 6.15. The smallest absolute Gasteiger partial charge is 0.328 e. The maximum atomic E-state index is 10.8. The van der Waals surface area contributed by atoms with Gasteiger partial charge in [0.1, 0.15) is 0 Å². The summed E-state index contributed by atoms with van der Waals surface area (Å²) in [4.78, 5) is 13.1. The number of ether oxygens (including phenoxy) is 1. The van der Waals surface area contributed by atoms with E-state index in [1.54, 1.807) is 6.08 Å². The molecule has 1 aromatic rings. The van der Waals surface area contributed by atoms with E-state index >= 15 is 0 Å². The lowest BCUT2D eigenvalue weighted by Crippen LogP contribution is -2.49. The molecule has 0 bridgehead atoms. The van der Waals surface area contributed by atoms with E-state index in [9.17, 15) is 4.79 Å². The summed E-state index contributed by atoms with van der Waals surface area (Å²) >= 11 is 3.45. The van der Waals surface area contributed by atoms with Crippen LogP contribution in [0.25, 0.3) is 6.08 Å². The van der Waals surface area contributed by atoms with Crippen LogP contribution in [-0.4, -0.2) is 36.4 Å². The summed E-state index contributed by atoms with van der Waals surface area (Å²) in [5.41, 5.74) is 1.96. The van der Waals surface area contributed by atoms with E-state index in [0.29, 0.717) is 12.6 Å². The molecule has 1 heterocycles. The van der Waals surface area contributed by atoms with Crippen molar-refractivity contribution in [2.24, 2.45) is 0 Å². The minimum Gasteiger partial charge on any atom is -0.478 e. The topological polar surface area (TPSA) is 49.8 Å². The van der Waals surface area contributed by atoms with Crippen LogP contribution in [0.2, 0.25) is 0 Å². The zero-order valence-electron chi connectivity index (χ0n) is 12.3. The van der Waals surface area contributed by atoms with Crippen molar-refractivity contribution in [1.82, 2.24) is 0 Å². The number of carboxylic acids is 1. The molecule has 2 rings (SSSR count). The molecule has 4 nitrogen and oxygen atoms in total. The predicted octanol–water partition coefficient (Wildman–Crippen LogP) is 3.55. The summed E-state index contributed by atoms with van der Waals surface area (Å²) in [6.07, 6.45) is 3.99. The third kappa shape index (κ3) is 4.08. The number of aliphatic carboxylic acids is 1. The molecule has 1 aliphatic rings. The zero-order valence-corrected chi connectivity index (χ0v) is 13.8. The summed E-state index contributed by atoms with van der Waals surface area (Å²) < 4.78 is 6.67. The number of benzene rings is 1. The van der Waals surface area contributed by atoms with Crippen molar-refractivity contribution in [3.8, 4) is 0 Å². The van der Waals surface area contributed by atoms with Crippen LogP contribution < -0.4 is 4.90 Å². The third-order valence-corrected chi connectivity index (χ3v) is 4.14. The van der Waals surface area contributed by atoms with Gasteiger partial charge in [-0.1, -0.05) is 22.9 Å². The maximum absolute atomic E-state index is 10.8. The number of morpholine rings is 1. The highest BCUT2D eigenvalue weighted by molar-refractivity contribution is 9.10. The number of carbonyl (C=O) groups is 1. The largest absolute Gasteiger partial charge is 0.478 e. The molecular weight excluding hydrogens is 334 g/mol. The number of hydrogen-bond donors (Lipinski definition) is 1. The highest BCUT2D eigenvalue weighted by atomic mass is 79.9. The van der Waals surface area contributed by atoms with Gasteiger partial charge in [-0.05, 0) is 43.2 Å². The van der Waals surface area contributed by atoms with Crippen molar-refractivity contribution >= 4 is 33.7 Å². The zero-order chi connectivity index (χ0) is 15.4. The second-order valence-electron chi connectivity index (χ2n) is 5.23. The van der Waals surface area contributed by atoms with Gasteiger partial charge < -0.3 is 14.7 Å². The van der Waals surface area contributed by atoms with Crippen LogP contribution >= 0.6 is 15.9 Å². The van der Waals surface area contributed by atoms with Gasteiger partial charge in [0.05, 0.1) is 18.8 Å². The van der Waals surface area contributed by atoms with Crippen LogP contribution in [0.5, 0.6) is 0 Å². The van der Waals surface area contributed by atoms with Crippen molar-refractivity contribution in [2.75, 3.05) is 18.1 Å². The molecule has 0 radical (unpaired) electrons. The first-order valence-corrected chi connectivity index (χ1v) is 7.89. The minimum absolute atomic E-state index is 0.174. The molecule has 0 spiro atoms. The van der Waals surface area contributed by atoms with Crippen LogP contribution in [0.4, 0.5) is 5.69 Å². The number of halogens is 1. The molecule has 1 aliphatic heterocycles. The van der Waals surface area contributed by atoms with Crippen molar-refractivity contribution in [3.05, 3.63) is 34.3 Å². The Hall–Kier alpha value is -1.33. The number of hydrogen-bond acceptors (Lipinski definition) is 3. The Labute approximate surface area is 133 Å². The molecule has 2 atom stereocenters. The van der Waals surface area contributed by atoms with E-state index in [1.165, 1.54) is 6.08 Å². The molecular formula is C16H20BrNO3. The maximum Gasteiger partial charge on any atom is 0.328 e. The van der Waals surface area contributed by atoms with Crippen molar-refractivity contribution < 1.29 is 14.6 Å². The van der Waals surface area contributed by atoms with Gasteiger partial charge in [0.25, 0.3) is 0 Å². The summed E-state index contributed by atoms with van der Waals surface area (Å²) in [7, 11) is 0. The molecule has 0 aliphatic carbocycles. The summed E-state index contributed by atoms with van der Waals surface area (Å²) in [6, 6.07) is 6.29. The summed E-state index contributed by atoms with van der Waals surface area (Å²) in [5.74, 6) is -0.941. The first-order chi connectivity index (χ1) is 10.0. The summed E-state index contributed by atoms with van der Waals surface area (Å²) in [5, 5.41) is 8.85. The van der Waals surface area contributed by atoms with E-state index in [-0.39, 0.29) is 6.10 Å². The highest BCUT2D eigenvalue weighted by Crippen LogP contribution is 2.30. The van der Waals surface area contributed by atoms with Crippen molar-refractivity contribution in [3.63, 3.8) is 0 Å². The van der Waals surface area contributed by atoms with Gasteiger partial charge in [-0.2, -0.15) is 0 Å². The van der Waals surface area contributed by atoms with E-state index < -0.39 is 5.97 Å². The minimum atomic E-state index is -0.941. The predicted molar refractivity (Wildman–Crippen MR) is 87.7 cm³/mol. The molecule has 1 N–H and O–H groups in total. The molecule has 1 saturated heterocycles. The van der Waals surface area contributed by atoms with E-state index in [2.05, 4.69) is 34.7 Å². The standard InChI is InChI=1S/C16H20BrNO3/c1-3-14-10-21-11(2)9-18(14)15-6-5-13(17)8-12(15)4-7-16(19)20/h4-8,11,14H,3,9-10H2,1-2H3,(H,19,20)/b7-4+. The fourth-order valence-corrected chi connectivity index (χ4v) is 2.94. The van der Waals surface area contributed by atoms with Gasteiger partial charge in [-0.3, -0.25) is 0 Å². The van der Waals surface area contributed by atoms with Gasteiger partial charge in [0, 0.05) is 22.8 Å². The Balaban J connectivity index is 2.38. The third-order valence-electron chi connectivity index (χ3n) is 3.64. The Kier molecular flexibility index (Phi) is 5.42. The van der Waals surface area contributed by atoms with E-state index in [4.69, 9.17) is 9.84 Å². The Bertz CT molecular complexity index is 544. The molecule has 0 aromatic heterocycles. The van der Waals surface area contributed by atoms with Crippen LogP contribution in [-0.2, 0) is 9.53 Å². The summed E-state index contributed by atoms with van der Waals surface area (Å²) in [6.45, 7) is 5.72. The lowest BCUT2D eigenvalue weighted by molar-refractivity contribution is -0.131. The Morgan fingerprint density at radius 2 is 2.33 bits per heavy atom. The van der Waals surface area contributed by atoms with E-state index in [1.807, 2.05) is 18.2 Å². The fraction of sp³-hybridized carbons (Fsp3) is 0.438. The van der Waals surface area contributed by atoms with E-state index in [0.717, 1.165) is 28.7 Å². The molecule has 0 amide bonds. The molecule has 2 unspecified atom stereocenters. The normalized spacial score (nSPS) is 22.7. The first kappa shape index (κ1) is 16.0. The van der Waals surface area contributed by atoms with Gasteiger partial charge in [0.2, 0.25) is 0 Å². The van der Waals surface area contributed by atoms with Crippen LogP contribution in [0, 0.1) is 0 Å². The number of rotatable bonds is 4. The number of carboxylic acid groups (broad SMARTS) is 1. The van der Waals surface area contributed by atoms with Gasteiger partial charge in [-0.25, -0.2) is 4.79 Å². The second kappa shape index (κ2) is 7.09. The van der Waals surface area contributed by atoms with Crippen LogP contribution in [0.3, 0.4) is 0 Å². The monoisotopic (exact) mass is 353 g/mol. The van der Waals surface area contributed by atoms with Crippen LogP contribution in [0.15, 0.2) is 28.7 Å². The number of nitrogens with zero attached hydrogens (tertiary/aromatic N) is 1. The van der Waals surface area contributed by atoms with Gasteiger partial charge >= 0.3 is 5.97 Å². The highest BCUT2D eigenvalue weighted by Gasteiger charge is 2.26. The lowest BCUT2D eigenvalue weighted by atomic mass is 10.1. The van der Waals surface area contributed by atoms with Gasteiger partial charge in [0.15, 0.2) is 0 Å². The molecule has 1 fully saturated rings. The molecule has 5 heteroatoms. The number of anilines is 1. The Morgan fingerprint density at radius 3 is 3.00 bits per heavy atom. The Morgan fingerprint density at radius 1 is 1.57 bits per heavy atom. The molecule has 114 valence electrons. The molecule has 0 saturated carbocycles. The first-order valence-electron chi connectivity index (χ1n) is 7.10. The average molecular weight is 354 g/mol. The average Bonchev–Trinajstić information content (AvgIpc) is 2.45. The molecule has 21 heavy (non-hydrogen) atoms. The molecule has 1 aromatic carbocycles. The quantitative estimate of drug-likeness (QED) is 0.841. The lowest BCUT2D eigenvalue weighted by Gasteiger charge is -2.40. The van der Waals surface area contributed by atoms with Gasteiger partial charge in [-0.15, -0.1) is 0 Å².